The molecule has 1 fully saturated rings. The summed E-state index contributed by atoms with van der Waals surface area (Å²) in [5.74, 6) is 0.867. The van der Waals surface area contributed by atoms with Crippen molar-refractivity contribution in [2.75, 3.05) is 6.54 Å². The van der Waals surface area contributed by atoms with Gasteiger partial charge in [0, 0.05) is 24.5 Å². The van der Waals surface area contributed by atoms with Crippen LogP contribution in [-0.4, -0.2) is 17.6 Å². The Morgan fingerprint density at radius 1 is 1.40 bits per heavy atom. The quantitative estimate of drug-likeness (QED) is 0.751. The van der Waals surface area contributed by atoms with Crippen molar-refractivity contribution in [2.45, 2.75) is 25.8 Å². The molecule has 78 valence electrons. The van der Waals surface area contributed by atoms with E-state index in [1.54, 1.807) is 0 Å². The lowest BCUT2D eigenvalue weighted by atomic mass is 9.76. The predicted octanol–water partition coefficient (Wildman–Crippen LogP) is 2.16. The minimum atomic E-state index is 0.600. The minimum Gasteiger partial charge on any atom is -0.309 e. The fraction of sp³-hybridized carbons (Fsp3) is 0.462. The molecule has 0 aromatic carbocycles. The highest BCUT2D eigenvalue weighted by molar-refractivity contribution is 5.71. The Morgan fingerprint density at radius 2 is 2.33 bits per heavy atom. The maximum Gasteiger partial charge on any atom is 0.0373 e. The van der Waals surface area contributed by atoms with Crippen LogP contribution in [0.2, 0.25) is 0 Å². The molecule has 1 saturated heterocycles. The average molecular weight is 200 g/mol. The van der Waals surface area contributed by atoms with E-state index < -0.39 is 0 Å². The van der Waals surface area contributed by atoms with Crippen molar-refractivity contribution in [1.82, 2.24) is 10.3 Å². The summed E-state index contributed by atoms with van der Waals surface area (Å²) >= 11 is 0. The largest absolute Gasteiger partial charge is 0.309 e. The van der Waals surface area contributed by atoms with E-state index in [2.05, 4.69) is 28.5 Å². The van der Waals surface area contributed by atoms with Gasteiger partial charge in [-0.05, 0) is 42.9 Å². The number of nitrogens with zero attached hydrogens (tertiary/aromatic N) is 1. The van der Waals surface area contributed by atoms with Crippen molar-refractivity contribution in [3.63, 3.8) is 0 Å². The predicted molar refractivity (Wildman–Crippen MR) is 61.5 cm³/mol. The van der Waals surface area contributed by atoms with Gasteiger partial charge < -0.3 is 5.32 Å². The molecule has 3 rings (SSSR count). The Bertz CT molecular complexity index is 392. The molecule has 0 spiro atoms. The first-order valence-electron chi connectivity index (χ1n) is 5.71. The lowest BCUT2D eigenvalue weighted by Crippen LogP contribution is -2.54. The van der Waals surface area contributed by atoms with Crippen LogP contribution >= 0.6 is 0 Å². The summed E-state index contributed by atoms with van der Waals surface area (Å²) in [4.78, 5) is 4.37. The average Bonchev–Trinajstić information content (AvgIpc) is 2.21. The molecule has 0 bridgehead atoms. The van der Waals surface area contributed by atoms with Crippen molar-refractivity contribution in [3.05, 3.63) is 35.7 Å². The molecule has 0 radical (unpaired) electrons. The van der Waals surface area contributed by atoms with Gasteiger partial charge >= 0.3 is 0 Å². The van der Waals surface area contributed by atoms with Crippen LogP contribution in [0.15, 0.2) is 24.4 Å². The van der Waals surface area contributed by atoms with Crippen LogP contribution in [0.3, 0.4) is 0 Å². The Labute approximate surface area is 90.4 Å². The third kappa shape index (κ3) is 1.49. The lowest BCUT2D eigenvalue weighted by molar-refractivity contribution is 0.262. The monoisotopic (exact) mass is 200 g/mol. The Balaban J connectivity index is 1.92. The Hall–Kier alpha value is -1.15. The van der Waals surface area contributed by atoms with Crippen molar-refractivity contribution in [2.24, 2.45) is 5.92 Å². The molecule has 1 aromatic heterocycles. The molecule has 0 amide bonds. The molecule has 15 heavy (non-hydrogen) atoms. The summed E-state index contributed by atoms with van der Waals surface area (Å²) < 4.78 is 0. The molecule has 2 nitrogen and oxygen atoms in total. The summed E-state index contributed by atoms with van der Waals surface area (Å²) in [5.41, 5.74) is 3.85. The zero-order chi connectivity index (χ0) is 10.3. The second-order valence-electron chi connectivity index (χ2n) is 4.57. The number of nitrogens with one attached hydrogen (secondary N) is 1. The molecule has 0 saturated carbocycles. The maximum atomic E-state index is 4.37. The van der Waals surface area contributed by atoms with Crippen LogP contribution in [0.1, 0.15) is 24.1 Å². The van der Waals surface area contributed by atoms with E-state index in [0.717, 1.165) is 11.6 Å². The van der Waals surface area contributed by atoms with Crippen molar-refractivity contribution >= 4 is 5.57 Å². The molecule has 1 aliphatic carbocycles. The van der Waals surface area contributed by atoms with Gasteiger partial charge in [-0.2, -0.15) is 0 Å². The normalized spacial score (nSPS) is 29.0. The molecule has 1 aromatic rings. The molecule has 2 heterocycles. The van der Waals surface area contributed by atoms with E-state index in [-0.39, 0.29) is 0 Å². The molecule has 2 aliphatic rings. The van der Waals surface area contributed by atoms with E-state index >= 15 is 0 Å². The van der Waals surface area contributed by atoms with Gasteiger partial charge in [-0.3, -0.25) is 4.98 Å². The number of hydrogen-bond donors (Lipinski definition) is 1. The van der Waals surface area contributed by atoms with Gasteiger partial charge in [0.25, 0.3) is 0 Å². The third-order valence-corrected chi connectivity index (χ3v) is 3.55. The van der Waals surface area contributed by atoms with E-state index in [1.165, 1.54) is 30.5 Å². The Kier molecular flexibility index (Phi) is 2.10. The molecule has 1 aliphatic heterocycles. The summed E-state index contributed by atoms with van der Waals surface area (Å²) in [5, 5.41) is 3.51. The fourth-order valence-corrected chi connectivity index (χ4v) is 2.55. The number of pyridine rings is 1. The standard InChI is InChI=1S/C13H16N2/c1-9-5-6-10(7-14-9)12-4-2-3-11-8-15-13(11)12/h4-7,11,13,15H,2-3,8H2,1H3. The first-order valence-corrected chi connectivity index (χ1v) is 5.71. The van der Waals surface area contributed by atoms with Gasteiger partial charge in [0.15, 0.2) is 0 Å². The molecule has 2 unspecified atom stereocenters. The summed E-state index contributed by atoms with van der Waals surface area (Å²) in [6.45, 7) is 3.23. The summed E-state index contributed by atoms with van der Waals surface area (Å²) in [6.07, 6.45) is 6.95. The first kappa shape index (κ1) is 9.10. The highest BCUT2D eigenvalue weighted by Gasteiger charge is 2.35. The molecule has 1 N–H and O–H groups in total. The summed E-state index contributed by atoms with van der Waals surface area (Å²) in [7, 11) is 0. The van der Waals surface area contributed by atoms with Crippen molar-refractivity contribution in [1.29, 1.82) is 0 Å². The van der Waals surface area contributed by atoms with E-state index in [0.29, 0.717) is 6.04 Å². The number of rotatable bonds is 1. The first-order chi connectivity index (χ1) is 7.34. The molecule has 2 heteroatoms. The smallest absolute Gasteiger partial charge is 0.0373 e. The van der Waals surface area contributed by atoms with Gasteiger partial charge in [-0.25, -0.2) is 0 Å². The van der Waals surface area contributed by atoms with E-state index in [9.17, 15) is 0 Å². The van der Waals surface area contributed by atoms with Crippen LogP contribution in [0.4, 0.5) is 0 Å². The van der Waals surface area contributed by atoms with Crippen LogP contribution in [0, 0.1) is 12.8 Å². The van der Waals surface area contributed by atoms with Gasteiger partial charge in [-0.15, -0.1) is 0 Å². The number of fused-ring (bicyclic) bond motifs is 1. The second kappa shape index (κ2) is 3.46. The zero-order valence-electron chi connectivity index (χ0n) is 9.03. The van der Waals surface area contributed by atoms with Gasteiger partial charge in [-0.1, -0.05) is 12.1 Å². The van der Waals surface area contributed by atoms with Gasteiger partial charge in [0.05, 0.1) is 0 Å². The van der Waals surface area contributed by atoms with Crippen molar-refractivity contribution < 1.29 is 0 Å². The minimum absolute atomic E-state index is 0.600. The lowest BCUT2D eigenvalue weighted by Gasteiger charge is -2.42. The van der Waals surface area contributed by atoms with Crippen LogP contribution < -0.4 is 5.32 Å². The zero-order valence-corrected chi connectivity index (χ0v) is 9.03. The molecular weight excluding hydrogens is 184 g/mol. The van der Waals surface area contributed by atoms with Crippen molar-refractivity contribution in [3.8, 4) is 0 Å². The SMILES string of the molecule is Cc1ccc(C2=CCCC3CNC23)cn1. The van der Waals surface area contributed by atoms with Gasteiger partial charge in [0.1, 0.15) is 0 Å². The van der Waals surface area contributed by atoms with Gasteiger partial charge in [0.2, 0.25) is 0 Å². The van der Waals surface area contributed by atoms with Crippen LogP contribution in [0.25, 0.3) is 5.57 Å². The van der Waals surface area contributed by atoms with Crippen LogP contribution in [-0.2, 0) is 0 Å². The van der Waals surface area contributed by atoms with Crippen LogP contribution in [0.5, 0.6) is 0 Å². The second-order valence-corrected chi connectivity index (χ2v) is 4.57. The summed E-state index contributed by atoms with van der Waals surface area (Å²) in [6, 6.07) is 4.89. The van der Waals surface area contributed by atoms with E-state index in [4.69, 9.17) is 0 Å². The highest BCUT2D eigenvalue weighted by Crippen LogP contribution is 2.35. The Morgan fingerprint density at radius 3 is 3.00 bits per heavy atom. The highest BCUT2D eigenvalue weighted by atomic mass is 15.0. The number of hydrogen-bond acceptors (Lipinski definition) is 2. The maximum absolute atomic E-state index is 4.37. The molecule has 2 atom stereocenters. The number of allylic oxidation sites excluding steroid dienone is 1. The topological polar surface area (TPSA) is 24.9 Å². The fourth-order valence-electron chi connectivity index (χ4n) is 2.55. The third-order valence-electron chi connectivity index (χ3n) is 3.55. The van der Waals surface area contributed by atoms with E-state index in [1.807, 2.05) is 13.1 Å². The number of aryl methyl sites for hydroxylation is 1. The number of aromatic nitrogens is 1. The molecular formula is C13H16N2.